The second-order valence-electron chi connectivity index (χ2n) is 5.62. The molecule has 0 aliphatic heterocycles. The van der Waals surface area contributed by atoms with Crippen molar-refractivity contribution in [3.8, 4) is 0 Å². The van der Waals surface area contributed by atoms with Crippen molar-refractivity contribution < 1.29 is 4.74 Å². The normalized spacial score (nSPS) is 24.0. The Morgan fingerprint density at radius 1 is 1.31 bits per heavy atom. The van der Waals surface area contributed by atoms with Crippen molar-refractivity contribution in [1.29, 1.82) is 0 Å². The van der Waals surface area contributed by atoms with E-state index in [4.69, 9.17) is 10.6 Å². The highest BCUT2D eigenvalue weighted by Crippen LogP contribution is 2.41. The first-order valence-electron chi connectivity index (χ1n) is 6.59. The predicted molar refractivity (Wildman–Crippen MR) is 68.0 cm³/mol. The lowest BCUT2D eigenvalue weighted by atomic mass is 9.67. The van der Waals surface area contributed by atoms with Gasteiger partial charge in [0.1, 0.15) is 0 Å². The minimum atomic E-state index is 0.375. The average molecular weight is 228 g/mol. The number of hydrogen-bond acceptors (Lipinski definition) is 3. The van der Waals surface area contributed by atoms with E-state index in [-0.39, 0.29) is 0 Å². The maximum absolute atomic E-state index is 5.77. The van der Waals surface area contributed by atoms with Crippen LogP contribution >= 0.6 is 0 Å². The van der Waals surface area contributed by atoms with Crippen LogP contribution in [-0.2, 0) is 4.74 Å². The Labute approximate surface area is 100 Å². The van der Waals surface area contributed by atoms with Gasteiger partial charge in [0.2, 0.25) is 0 Å². The molecule has 1 rings (SSSR count). The molecule has 1 fully saturated rings. The van der Waals surface area contributed by atoms with Crippen molar-refractivity contribution in [2.75, 3.05) is 13.7 Å². The molecule has 16 heavy (non-hydrogen) atoms. The molecule has 3 N–H and O–H groups in total. The zero-order valence-electron chi connectivity index (χ0n) is 11.1. The van der Waals surface area contributed by atoms with Gasteiger partial charge < -0.3 is 4.74 Å². The quantitative estimate of drug-likeness (QED) is 0.542. The summed E-state index contributed by atoms with van der Waals surface area (Å²) >= 11 is 0. The third kappa shape index (κ3) is 3.44. The zero-order valence-corrected chi connectivity index (χ0v) is 11.1. The highest BCUT2D eigenvalue weighted by molar-refractivity contribution is 4.91. The van der Waals surface area contributed by atoms with Crippen LogP contribution in [0.1, 0.15) is 52.4 Å². The molecule has 96 valence electrons. The fourth-order valence-corrected chi connectivity index (χ4v) is 3.19. The molecule has 0 aromatic rings. The summed E-state index contributed by atoms with van der Waals surface area (Å²) in [5, 5.41) is 0. The van der Waals surface area contributed by atoms with Gasteiger partial charge in [-0.1, -0.05) is 33.1 Å². The Morgan fingerprint density at radius 3 is 2.44 bits per heavy atom. The summed E-state index contributed by atoms with van der Waals surface area (Å²) in [6, 6.07) is 0.419. The zero-order chi connectivity index (χ0) is 12.0. The van der Waals surface area contributed by atoms with Crippen LogP contribution in [0.15, 0.2) is 0 Å². The fourth-order valence-electron chi connectivity index (χ4n) is 3.19. The van der Waals surface area contributed by atoms with Gasteiger partial charge in [-0.15, -0.1) is 0 Å². The van der Waals surface area contributed by atoms with Crippen LogP contribution in [0.25, 0.3) is 0 Å². The highest BCUT2D eigenvalue weighted by Gasteiger charge is 2.37. The summed E-state index contributed by atoms with van der Waals surface area (Å²) in [5.74, 6) is 6.35. The third-order valence-electron chi connectivity index (χ3n) is 4.27. The molecule has 1 aliphatic rings. The van der Waals surface area contributed by atoms with E-state index in [9.17, 15) is 0 Å². The van der Waals surface area contributed by atoms with Gasteiger partial charge in [-0.25, -0.2) is 0 Å². The van der Waals surface area contributed by atoms with Gasteiger partial charge in [0, 0.05) is 19.8 Å². The number of ether oxygens (including phenoxy) is 1. The Kier molecular flexibility index (Phi) is 5.73. The summed E-state index contributed by atoms with van der Waals surface area (Å²) in [4.78, 5) is 0. The van der Waals surface area contributed by atoms with Crippen LogP contribution in [-0.4, -0.2) is 19.8 Å². The lowest BCUT2D eigenvalue weighted by molar-refractivity contribution is 0.0885. The van der Waals surface area contributed by atoms with Crippen molar-refractivity contribution in [3.05, 3.63) is 0 Å². The van der Waals surface area contributed by atoms with E-state index in [0.29, 0.717) is 17.4 Å². The van der Waals surface area contributed by atoms with Gasteiger partial charge in [0.25, 0.3) is 0 Å². The molecule has 0 aromatic heterocycles. The SMILES string of the molecule is COCCC(C)C(NN)C1(C)CCCCC1. The van der Waals surface area contributed by atoms with Crippen molar-refractivity contribution in [3.63, 3.8) is 0 Å². The number of hydrazine groups is 1. The van der Waals surface area contributed by atoms with Gasteiger partial charge in [-0.05, 0) is 30.6 Å². The smallest absolute Gasteiger partial charge is 0.0465 e. The van der Waals surface area contributed by atoms with Gasteiger partial charge in [-0.3, -0.25) is 11.3 Å². The summed E-state index contributed by atoms with van der Waals surface area (Å²) < 4.78 is 5.16. The van der Waals surface area contributed by atoms with E-state index in [1.807, 2.05) is 0 Å². The minimum Gasteiger partial charge on any atom is -0.385 e. The molecule has 0 aromatic carbocycles. The molecule has 0 amide bonds. The highest BCUT2D eigenvalue weighted by atomic mass is 16.5. The number of nitrogens with one attached hydrogen (secondary N) is 1. The van der Waals surface area contributed by atoms with Crippen molar-refractivity contribution in [2.45, 2.75) is 58.4 Å². The maximum Gasteiger partial charge on any atom is 0.0465 e. The Hall–Kier alpha value is -0.120. The van der Waals surface area contributed by atoms with E-state index in [2.05, 4.69) is 19.3 Å². The van der Waals surface area contributed by atoms with Crippen LogP contribution in [0.2, 0.25) is 0 Å². The molecular weight excluding hydrogens is 200 g/mol. The summed E-state index contributed by atoms with van der Waals surface area (Å²) in [6.45, 7) is 5.50. The molecule has 0 radical (unpaired) electrons. The molecule has 1 saturated carbocycles. The Balaban J connectivity index is 2.56. The van der Waals surface area contributed by atoms with E-state index in [0.717, 1.165) is 13.0 Å². The van der Waals surface area contributed by atoms with Gasteiger partial charge >= 0.3 is 0 Å². The van der Waals surface area contributed by atoms with Gasteiger partial charge in [0.05, 0.1) is 0 Å². The van der Waals surface area contributed by atoms with Crippen LogP contribution in [0, 0.1) is 11.3 Å². The topological polar surface area (TPSA) is 47.3 Å². The largest absolute Gasteiger partial charge is 0.385 e. The van der Waals surface area contributed by atoms with Crippen molar-refractivity contribution in [1.82, 2.24) is 5.43 Å². The number of hydrogen-bond donors (Lipinski definition) is 2. The molecule has 0 spiro atoms. The first-order valence-corrected chi connectivity index (χ1v) is 6.59. The first kappa shape index (κ1) is 13.9. The second-order valence-corrected chi connectivity index (χ2v) is 5.62. The molecule has 2 unspecified atom stereocenters. The number of nitrogens with two attached hydrogens (primary N) is 1. The minimum absolute atomic E-state index is 0.375. The lowest BCUT2D eigenvalue weighted by Crippen LogP contribution is -2.51. The van der Waals surface area contributed by atoms with E-state index in [1.54, 1.807) is 7.11 Å². The molecule has 1 aliphatic carbocycles. The summed E-state index contributed by atoms with van der Waals surface area (Å²) in [6.07, 6.45) is 7.79. The fraction of sp³-hybridized carbons (Fsp3) is 1.00. The van der Waals surface area contributed by atoms with Crippen LogP contribution in [0.5, 0.6) is 0 Å². The molecule has 2 atom stereocenters. The standard InChI is InChI=1S/C13H28N2O/c1-11(7-10-16-3)12(15-14)13(2)8-5-4-6-9-13/h11-12,15H,4-10,14H2,1-3H3. The van der Waals surface area contributed by atoms with E-state index in [1.165, 1.54) is 32.1 Å². The second kappa shape index (κ2) is 6.58. The monoisotopic (exact) mass is 228 g/mol. The summed E-state index contributed by atoms with van der Waals surface area (Å²) in [7, 11) is 1.76. The van der Waals surface area contributed by atoms with Crippen LogP contribution < -0.4 is 11.3 Å². The number of methoxy groups -OCH3 is 1. The predicted octanol–water partition coefficient (Wildman–Crippen LogP) is 2.46. The molecule has 3 heteroatoms. The van der Waals surface area contributed by atoms with E-state index < -0.39 is 0 Å². The maximum atomic E-state index is 5.77. The molecular formula is C13H28N2O. The first-order chi connectivity index (χ1) is 7.64. The van der Waals surface area contributed by atoms with Crippen LogP contribution in [0.3, 0.4) is 0 Å². The molecule has 0 bridgehead atoms. The molecule has 3 nitrogen and oxygen atoms in total. The Morgan fingerprint density at radius 2 is 1.94 bits per heavy atom. The lowest BCUT2D eigenvalue weighted by Gasteiger charge is -2.43. The Bertz CT molecular complexity index is 190. The summed E-state index contributed by atoms with van der Waals surface area (Å²) in [5.41, 5.74) is 3.44. The van der Waals surface area contributed by atoms with E-state index >= 15 is 0 Å². The van der Waals surface area contributed by atoms with Crippen molar-refractivity contribution >= 4 is 0 Å². The average Bonchev–Trinajstić information content (AvgIpc) is 2.28. The molecule has 0 saturated heterocycles. The van der Waals surface area contributed by atoms with Crippen LogP contribution in [0.4, 0.5) is 0 Å². The third-order valence-corrected chi connectivity index (χ3v) is 4.27. The van der Waals surface area contributed by atoms with Crippen molar-refractivity contribution in [2.24, 2.45) is 17.2 Å². The van der Waals surface area contributed by atoms with Gasteiger partial charge in [0.15, 0.2) is 0 Å². The molecule has 0 heterocycles. The van der Waals surface area contributed by atoms with Gasteiger partial charge in [-0.2, -0.15) is 0 Å². The number of rotatable bonds is 6.